The summed E-state index contributed by atoms with van der Waals surface area (Å²) in [5.74, 6) is 0.807. The van der Waals surface area contributed by atoms with Gasteiger partial charge in [0.25, 0.3) is 0 Å². The fourth-order valence-electron chi connectivity index (χ4n) is 1.98. The van der Waals surface area contributed by atoms with Crippen molar-refractivity contribution in [1.29, 1.82) is 0 Å². The van der Waals surface area contributed by atoms with Gasteiger partial charge in [-0.15, -0.1) is 0 Å². The summed E-state index contributed by atoms with van der Waals surface area (Å²) in [5.41, 5.74) is 5.46. The Hall–Kier alpha value is -0.870. The maximum Gasteiger partial charge on any atom is 0.134 e. The summed E-state index contributed by atoms with van der Waals surface area (Å²) in [6.45, 7) is 1.78. The Labute approximate surface area is 121 Å². The van der Waals surface area contributed by atoms with E-state index in [4.69, 9.17) is 17.3 Å². The van der Waals surface area contributed by atoms with Crippen molar-refractivity contribution in [2.75, 3.05) is 18.4 Å². The van der Waals surface area contributed by atoms with Crippen LogP contribution < -0.4 is 11.1 Å². The van der Waals surface area contributed by atoms with Gasteiger partial charge in [0.15, 0.2) is 0 Å². The van der Waals surface area contributed by atoms with E-state index in [9.17, 15) is 0 Å². The predicted octanol–water partition coefficient (Wildman–Crippen LogP) is 3.62. The lowest BCUT2D eigenvalue weighted by Crippen LogP contribution is -2.03. The lowest BCUT2D eigenvalue weighted by Gasteiger charge is -2.05. The van der Waals surface area contributed by atoms with Crippen molar-refractivity contribution >= 4 is 17.4 Å². The number of halogens is 1. The first-order valence-electron chi connectivity index (χ1n) is 7.24. The fraction of sp³-hybridized carbons (Fsp3) is 0.714. The molecule has 1 rings (SSSR count). The summed E-state index contributed by atoms with van der Waals surface area (Å²) in [6, 6.07) is 1.75. The van der Waals surface area contributed by atoms with Crippen LogP contribution in [0.1, 0.15) is 51.4 Å². The molecule has 1 aromatic rings. The number of rotatable bonds is 11. The van der Waals surface area contributed by atoms with Crippen molar-refractivity contribution in [2.45, 2.75) is 51.4 Å². The average molecular weight is 285 g/mol. The second-order valence-corrected chi connectivity index (χ2v) is 5.16. The van der Waals surface area contributed by atoms with Crippen LogP contribution >= 0.6 is 11.6 Å². The molecule has 0 aliphatic carbocycles. The minimum atomic E-state index is 0.481. The Morgan fingerprint density at radius 1 is 0.947 bits per heavy atom. The zero-order valence-corrected chi connectivity index (χ0v) is 12.3. The molecule has 19 heavy (non-hydrogen) atoms. The topological polar surface area (TPSA) is 63.8 Å². The van der Waals surface area contributed by atoms with Crippen LogP contribution in [0.3, 0.4) is 0 Å². The maximum atomic E-state index is 5.78. The van der Waals surface area contributed by atoms with E-state index in [0.717, 1.165) is 18.9 Å². The number of aromatic nitrogens is 2. The van der Waals surface area contributed by atoms with E-state index in [-0.39, 0.29) is 0 Å². The average Bonchev–Trinajstić information content (AvgIpc) is 2.41. The van der Waals surface area contributed by atoms with Gasteiger partial charge in [0, 0.05) is 12.6 Å². The van der Waals surface area contributed by atoms with Gasteiger partial charge in [0.1, 0.15) is 17.3 Å². The van der Waals surface area contributed by atoms with Crippen molar-refractivity contribution in [3.63, 3.8) is 0 Å². The Balaban J connectivity index is 1.89. The summed E-state index contributed by atoms with van der Waals surface area (Å²) >= 11 is 5.78. The van der Waals surface area contributed by atoms with E-state index in [1.807, 2.05) is 0 Å². The second kappa shape index (κ2) is 11.0. The van der Waals surface area contributed by atoms with Crippen LogP contribution in [0.5, 0.6) is 0 Å². The third-order valence-corrected chi connectivity index (χ3v) is 3.28. The fourth-order valence-corrected chi connectivity index (χ4v) is 2.12. The monoisotopic (exact) mass is 284 g/mol. The summed E-state index contributed by atoms with van der Waals surface area (Å²) in [4.78, 5) is 7.94. The smallest absolute Gasteiger partial charge is 0.134 e. The van der Waals surface area contributed by atoms with Gasteiger partial charge in [-0.3, -0.25) is 0 Å². The minimum absolute atomic E-state index is 0.481. The van der Waals surface area contributed by atoms with Gasteiger partial charge in [-0.05, 0) is 19.4 Å². The van der Waals surface area contributed by atoms with Crippen LogP contribution in [0.2, 0.25) is 5.15 Å². The minimum Gasteiger partial charge on any atom is -0.370 e. The second-order valence-electron chi connectivity index (χ2n) is 4.77. The Morgan fingerprint density at radius 2 is 1.58 bits per heavy atom. The quantitative estimate of drug-likeness (QED) is 0.481. The summed E-state index contributed by atoms with van der Waals surface area (Å²) < 4.78 is 0. The van der Waals surface area contributed by atoms with Gasteiger partial charge in [-0.25, -0.2) is 9.97 Å². The third-order valence-electron chi connectivity index (χ3n) is 3.07. The van der Waals surface area contributed by atoms with E-state index < -0.39 is 0 Å². The SMILES string of the molecule is NCCCCCCCCCCNc1cc(Cl)ncn1. The highest BCUT2D eigenvalue weighted by atomic mass is 35.5. The molecule has 0 spiro atoms. The van der Waals surface area contributed by atoms with Crippen LogP contribution in [-0.4, -0.2) is 23.1 Å². The zero-order valence-electron chi connectivity index (χ0n) is 11.6. The van der Waals surface area contributed by atoms with Crippen molar-refractivity contribution in [3.05, 3.63) is 17.5 Å². The first-order valence-corrected chi connectivity index (χ1v) is 7.62. The first-order chi connectivity index (χ1) is 9.33. The molecule has 0 unspecified atom stereocenters. The number of nitrogens with two attached hydrogens (primary N) is 1. The Bertz CT molecular complexity index is 333. The largest absolute Gasteiger partial charge is 0.370 e. The van der Waals surface area contributed by atoms with E-state index >= 15 is 0 Å². The van der Waals surface area contributed by atoms with Crippen LogP contribution in [0.15, 0.2) is 12.4 Å². The zero-order chi connectivity index (χ0) is 13.8. The van der Waals surface area contributed by atoms with Gasteiger partial charge in [-0.1, -0.05) is 50.1 Å². The molecule has 0 aromatic carbocycles. The van der Waals surface area contributed by atoms with Crippen LogP contribution in [-0.2, 0) is 0 Å². The van der Waals surface area contributed by atoms with Crippen molar-refractivity contribution < 1.29 is 0 Å². The number of nitrogens with zero attached hydrogens (tertiary/aromatic N) is 2. The molecule has 108 valence electrons. The van der Waals surface area contributed by atoms with Crippen molar-refractivity contribution in [2.24, 2.45) is 5.73 Å². The van der Waals surface area contributed by atoms with Gasteiger partial charge in [0.2, 0.25) is 0 Å². The molecule has 0 radical (unpaired) electrons. The molecular weight excluding hydrogens is 260 g/mol. The molecule has 0 atom stereocenters. The van der Waals surface area contributed by atoms with Crippen LogP contribution in [0.25, 0.3) is 0 Å². The molecule has 5 heteroatoms. The highest BCUT2D eigenvalue weighted by Gasteiger charge is 1.96. The molecular formula is C14H25ClN4. The highest BCUT2D eigenvalue weighted by Crippen LogP contribution is 2.10. The van der Waals surface area contributed by atoms with Gasteiger partial charge >= 0.3 is 0 Å². The van der Waals surface area contributed by atoms with Crippen LogP contribution in [0.4, 0.5) is 5.82 Å². The standard InChI is InChI=1S/C14H25ClN4/c15-13-11-14(19-12-18-13)17-10-8-6-4-2-1-3-5-7-9-16/h11-12H,1-10,16H2,(H,17,18,19). The normalized spacial score (nSPS) is 10.6. The summed E-state index contributed by atoms with van der Waals surface area (Å²) in [5, 5.41) is 3.74. The molecule has 0 bridgehead atoms. The highest BCUT2D eigenvalue weighted by molar-refractivity contribution is 6.29. The van der Waals surface area contributed by atoms with E-state index in [1.54, 1.807) is 6.07 Å². The van der Waals surface area contributed by atoms with Crippen LogP contribution in [0, 0.1) is 0 Å². The molecule has 3 N–H and O–H groups in total. The molecule has 1 aromatic heterocycles. The molecule has 0 amide bonds. The Morgan fingerprint density at radius 3 is 2.21 bits per heavy atom. The van der Waals surface area contributed by atoms with Gasteiger partial charge < -0.3 is 11.1 Å². The number of nitrogens with one attached hydrogen (secondary N) is 1. The van der Waals surface area contributed by atoms with E-state index in [0.29, 0.717) is 5.15 Å². The van der Waals surface area contributed by atoms with Crippen molar-refractivity contribution in [1.82, 2.24) is 9.97 Å². The Kier molecular flexibility index (Phi) is 9.37. The number of unbranched alkanes of at least 4 members (excludes halogenated alkanes) is 7. The van der Waals surface area contributed by atoms with Gasteiger partial charge in [-0.2, -0.15) is 0 Å². The molecule has 1 heterocycles. The van der Waals surface area contributed by atoms with Gasteiger partial charge in [0.05, 0.1) is 0 Å². The number of anilines is 1. The first kappa shape index (κ1) is 16.2. The summed E-state index contributed by atoms with van der Waals surface area (Å²) in [7, 11) is 0. The lowest BCUT2D eigenvalue weighted by molar-refractivity contribution is 0.574. The molecule has 0 fully saturated rings. The molecule has 0 aliphatic rings. The van der Waals surface area contributed by atoms with Crippen molar-refractivity contribution in [3.8, 4) is 0 Å². The molecule has 0 saturated heterocycles. The van der Waals surface area contributed by atoms with E-state index in [1.165, 1.54) is 57.7 Å². The number of hydrogen-bond acceptors (Lipinski definition) is 4. The molecule has 0 aliphatic heterocycles. The lowest BCUT2D eigenvalue weighted by atomic mass is 10.1. The number of hydrogen-bond donors (Lipinski definition) is 2. The van der Waals surface area contributed by atoms with E-state index in [2.05, 4.69) is 15.3 Å². The summed E-state index contributed by atoms with van der Waals surface area (Å²) in [6.07, 6.45) is 11.7. The molecule has 4 nitrogen and oxygen atoms in total. The maximum absolute atomic E-state index is 5.78. The predicted molar refractivity (Wildman–Crippen MR) is 81.5 cm³/mol. The third kappa shape index (κ3) is 8.78. The molecule has 0 saturated carbocycles.